The van der Waals surface area contributed by atoms with Gasteiger partial charge in [0, 0.05) is 23.0 Å². The average molecular weight is 402 g/mol. The summed E-state index contributed by atoms with van der Waals surface area (Å²) in [5, 5.41) is 11.8. The van der Waals surface area contributed by atoms with Gasteiger partial charge in [-0.15, -0.1) is 0 Å². The minimum absolute atomic E-state index is 0.136. The lowest BCUT2D eigenvalue weighted by Crippen LogP contribution is -2.24. The van der Waals surface area contributed by atoms with Gasteiger partial charge in [0.1, 0.15) is 6.61 Å². The van der Waals surface area contributed by atoms with Crippen LogP contribution in [-0.2, 0) is 11.3 Å². The Labute approximate surface area is 154 Å². The Balaban J connectivity index is 1.77. The molecule has 0 spiro atoms. The Morgan fingerprint density at radius 1 is 1.16 bits per heavy atom. The van der Waals surface area contributed by atoms with E-state index in [0.717, 1.165) is 5.56 Å². The lowest BCUT2D eigenvalue weighted by Gasteiger charge is -2.05. The number of carbonyl (C=O) groups is 2. The number of ether oxygens (including phenoxy) is 1. The standard InChI is InChI=1S/C19H16BrNO4/c20-16-10-9-15(17(12-16)18(22)23)8-4-5-11-21-19(24)25-13-14-6-2-1-3-7-14/h1-3,6-7,9-10,12H,5,11,13H2,(H,21,24)(H,22,23). The monoisotopic (exact) mass is 401 g/mol. The molecule has 0 aliphatic rings. The fourth-order valence-electron chi connectivity index (χ4n) is 1.96. The fraction of sp³-hybridized carbons (Fsp3) is 0.158. The maximum absolute atomic E-state index is 11.6. The van der Waals surface area contributed by atoms with Crippen LogP contribution in [0.4, 0.5) is 4.79 Å². The number of rotatable bonds is 5. The number of carboxylic acids is 1. The summed E-state index contributed by atoms with van der Waals surface area (Å²) in [5.41, 5.74) is 1.48. The molecule has 1 amide bonds. The quantitative estimate of drug-likeness (QED) is 0.589. The molecule has 0 atom stereocenters. The number of amides is 1. The second-order valence-electron chi connectivity index (χ2n) is 5.04. The molecule has 0 unspecified atom stereocenters. The Morgan fingerprint density at radius 3 is 2.64 bits per heavy atom. The predicted molar refractivity (Wildman–Crippen MR) is 97.2 cm³/mol. The molecule has 2 aromatic carbocycles. The van der Waals surface area contributed by atoms with Gasteiger partial charge in [-0.2, -0.15) is 0 Å². The van der Waals surface area contributed by atoms with Crippen molar-refractivity contribution in [3.8, 4) is 11.8 Å². The number of nitrogens with one attached hydrogen (secondary N) is 1. The first-order chi connectivity index (χ1) is 12.1. The topological polar surface area (TPSA) is 75.6 Å². The smallest absolute Gasteiger partial charge is 0.407 e. The number of alkyl carbamates (subject to hydrolysis) is 1. The van der Waals surface area contributed by atoms with Gasteiger partial charge >= 0.3 is 12.1 Å². The molecular weight excluding hydrogens is 386 g/mol. The second kappa shape index (κ2) is 9.50. The van der Waals surface area contributed by atoms with Crippen molar-refractivity contribution in [1.82, 2.24) is 5.32 Å². The predicted octanol–water partition coefficient (Wildman–Crippen LogP) is 3.82. The molecule has 2 N–H and O–H groups in total. The average Bonchev–Trinajstić information content (AvgIpc) is 2.61. The summed E-state index contributed by atoms with van der Waals surface area (Å²) < 4.78 is 5.75. The van der Waals surface area contributed by atoms with Crippen molar-refractivity contribution in [2.45, 2.75) is 13.0 Å². The summed E-state index contributed by atoms with van der Waals surface area (Å²) >= 11 is 3.23. The highest BCUT2D eigenvalue weighted by atomic mass is 79.9. The van der Waals surface area contributed by atoms with Crippen molar-refractivity contribution < 1.29 is 19.4 Å². The molecule has 0 saturated carbocycles. The summed E-state index contributed by atoms with van der Waals surface area (Å²) in [6.07, 6.45) is -0.129. The van der Waals surface area contributed by atoms with Crippen LogP contribution < -0.4 is 5.32 Å². The largest absolute Gasteiger partial charge is 0.478 e. The minimum Gasteiger partial charge on any atom is -0.478 e. The van der Waals surface area contributed by atoms with Crippen LogP contribution in [0.5, 0.6) is 0 Å². The number of aromatic carboxylic acids is 1. The summed E-state index contributed by atoms with van der Waals surface area (Å²) in [6.45, 7) is 0.527. The third-order valence-electron chi connectivity index (χ3n) is 3.17. The van der Waals surface area contributed by atoms with E-state index >= 15 is 0 Å². The van der Waals surface area contributed by atoms with Crippen LogP contribution in [0, 0.1) is 11.8 Å². The number of carbonyl (C=O) groups excluding carboxylic acids is 1. The van der Waals surface area contributed by atoms with Gasteiger partial charge < -0.3 is 15.2 Å². The number of halogens is 1. The Hall–Kier alpha value is -2.78. The van der Waals surface area contributed by atoms with Gasteiger partial charge in [-0.05, 0) is 23.8 Å². The zero-order valence-electron chi connectivity index (χ0n) is 13.3. The highest BCUT2D eigenvalue weighted by Crippen LogP contribution is 2.16. The zero-order chi connectivity index (χ0) is 18.1. The summed E-state index contributed by atoms with van der Waals surface area (Å²) in [4.78, 5) is 22.7. The van der Waals surface area contributed by atoms with Crippen LogP contribution in [0.3, 0.4) is 0 Å². The van der Waals surface area contributed by atoms with Crippen LogP contribution in [0.2, 0.25) is 0 Å². The van der Waals surface area contributed by atoms with Gasteiger partial charge in [0.05, 0.1) is 5.56 Å². The first-order valence-corrected chi connectivity index (χ1v) is 8.32. The summed E-state index contributed by atoms with van der Waals surface area (Å²) in [5.74, 6) is 4.62. The van der Waals surface area contributed by atoms with Crippen molar-refractivity contribution in [3.05, 3.63) is 69.7 Å². The first kappa shape index (κ1) is 18.6. The van der Waals surface area contributed by atoms with E-state index in [9.17, 15) is 9.59 Å². The lowest BCUT2D eigenvalue weighted by molar-refractivity contribution is 0.0696. The molecular formula is C19H16BrNO4. The molecule has 128 valence electrons. The summed E-state index contributed by atoms with van der Waals surface area (Å²) in [7, 11) is 0. The highest BCUT2D eigenvalue weighted by Gasteiger charge is 2.08. The zero-order valence-corrected chi connectivity index (χ0v) is 14.9. The van der Waals surface area contributed by atoms with Crippen molar-refractivity contribution in [2.24, 2.45) is 0 Å². The van der Waals surface area contributed by atoms with Gasteiger partial charge in [0.25, 0.3) is 0 Å². The number of hydrogen-bond donors (Lipinski definition) is 2. The molecule has 5 nitrogen and oxygen atoms in total. The molecule has 2 rings (SSSR count). The maximum atomic E-state index is 11.6. The van der Waals surface area contributed by atoms with E-state index in [4.69, 9.17) is 9.84 Å². The van der Waals surface area contributed by atoms with Crippen molar-refractivity contribution >= 4 is 28.0 Å². The van der Waals surface area contributed by atoms with Gasteiger partial charge in [-0.3, -0.25) is 0 Å². The number of benzene rings is 2. The molecule has 0 aliphatic carbocycles. The highest BCUT2D eigenvalue weighted by molar-refractivity contribution is 9.10. The molecule has 0 aliphatic heterocycles. The molecule has 0 heterocycles. The van der Waals surface area contributed by atoms with Gasteiger partial charge in [-0.25, -0.2) is 9.59 Å². The Kier molecular flexibility index (Phi) is 7.05. The van der Waals surface area contributed by atoms with E-state index in [-0.39, 0.29) is 12.2 Å². The molecule has 6 heteroatoms. The van der Waals surface area contributed by atoms with Gasteiger partial charge in [-0.1, -0.05) is 58.1 Å². The van der Waals surface area contributed by atoms with Crippen molar-refractivity contribution in [2.75, 3.05) is 6.54 Å². The van der Waals surface area contributed by atoms with Crippen LogP contribution in [0.25, 0.3) is 0 Å². The minimum atomic E-state index is -1.03. The normalized spacial score (nSPS) is 9.64. The van der Waals surface area contributed by atoms with Crippen molar-refractivity contribution in [1.29, 1.82) is 0 Å². The lowest BCUT2D eigenvalue weighted by atomic mass is 10.1. The summed E-state index contributed by atoms with van der Waals surface area (Å²) in [6, 6.07) is 14.3. The third-order valence-corrected chi connectivity index (χ3v) is 3.66. The van der Waals surface area contributed by atoms with E-state index < -0.39 is 12.1 Å². The van der Waals surface area contributed by atoms with Crippen LogP contribution in [0.1, 0.15) is 27.9 Å². The molecule has 2 aromatic rings. The van der Waals surface area contributed by atoms with E-state index in [2.05, 4.69) is 33.1 Å². The van der Waals surface area contributed by atoms with E-state index in [0.29, 0.717) is 23.0 Å². The van der Waals surface area contributed by atoms with Gasteiger partial charge in [0.2, 0.25) is 0 Å². The number of hydrogen-bond acceptors (Lipinski definition) is 3. The van der Waals surface area contributed by atoms with E-state index in [1.54, 1.807) is 12.1 Å². The van der Waals surface area contributed by atoms with Crippen LogP contribution in [0.15, 0.2) is 53.0 Å². The third kappa shape index (κ3) is 6.32. The second-order valence-corrected chi connectivity index (χ2v) is 5.95. The molecule has 0 aromatic heterocycles. The number of carboxylic acid groups (broad SMARTS) is 1. The Bertz CT molecular complexity index is 809. The fourth-order valence-corrected chi connectivity index (χ4v) is 2.32. The molecule has 0 fully saturated rings. The Morgan fingerprint density at radius 2 is 1.92 bits per heavy atom. The molecule has 0 radical (unpaired) electrons. The molecule has 0 saturated heterocycles. The van der Waals surface area contributed by atoms with Crippen LogP contribution >= 0.6 is 15.9 Å². The maximum Gasteiger partial charge on any atom is 0.407 e. The van der Waals surface area contributed by atoms with E-state index in [1.807, 2.05) is 30.3 Å². The van der Waals surface area contributed by atoms with Crippen molar-refractivity contribution in [3.63, 3.8) is 0 Å². The van der Waals surface area contributed by atoms with Gasteiger partial charge in [0.15, 0.2) is 0 Å². The van der Waals surface area contributed by atoms with E-state index in [1.165, 1.54) is 6.07 Å². The first-order valence-electron chi connectivity index (χ1n) is 7.52. The molecule has 0 bridgehead atoms. The SMILES string of the molecule is O=C(NCCC#Cc1ccc(Br)cc1C(=O)O)OCc1ccccc1. The molecule has 25 heavy (non-hydrogen) atoms. The van der Waals surface area contributed by atoms with Crippen LogP contribution in [-0.4, -0.2) is 23.7 Å².